The molecular weight excluding hydrogens is 443 g/mol. The van der Waals surface area contributed by atoms with E-state index in [1.807, 2.05) is 18.2 Å². The summed E-state index contributed by atoms with van der Waals surface area (Å²) >= 11 is 3.35. The van der Waals surface area contributed by atoms with E-state index in [0.29, 0.717) is 5.82 Å². The summed E-state index contributed by atoms with van der Waals surface area (Å²) in [4.78, 5) is 16.0. The lowest BCUT2D eigenvalue weighted by Gasteiger charge is -2.10. The van der Waals surface area contributed by atoms with Crippen molar-refractivity contribution in [2.75, 3.05) is 6.61 Å². The van der Waals surface area contributed by atoms with Crippen LogP contribution >= 0.6 is 15.9 Å². The molecular formula is C18H13BrF3N3O3. The SMILES string of the molecule is O=C(COc1cccc(C(F)(F)F)c1)NCc1nc(-c2cccc(Br)c2)no1. The molecule has 1 amide bonds. The topological polar surface area (TPSA) is 77.2 Å². The summed E-state index contributed by atoms with van der Waals surface area (Å²) in [7, 11) is 0. The largest absolute Gasteiger partial charge is 0.484 e. The van der Waals surface area contributed by atoms with Gasteiger partial charge in [0.05, 0.1) is 12.1 Å². The van der Waals surface area contributed by atoms with Gasteiger partial charge in [-0.05, 0) is 30.3 Å². The van der Waals surface area contributed by atoms with Gasteiger partial charge in [0.15, 0.2) is 6.61 Å². The highest BCUT2D eigenvalue weighted by Gasteiger charge is 2.30. The molecule has 0 fully saturated rings. The van der Waals surface area contributed by atoms with Crippen LogP contribution in [0.15, 0.2) is 57.5 Å². The number of amides is 1. The molecule has 0 aliphatic rings. The second-order valence-electron chi connectivity index (χ2n) is 5.61. The Balaban J connectivity index is 1.51. The Morgan fingerprint density at radius 2 is 1.96 bits per heavy atom. The molecule has 0 radical (unpaired) electrons. The Kier molecular flexibility index (Phi) is 5.98. The van der Waals surface area contributed by atoms with Crippen LogP contribution in [0.4, 0.5) is 13.2 Å². The number of ether oxygens (including phenoxy) is 1. The minimum Gasteiger partial charge on any atom is -0.484 e. The highest BCUT2D eigenvalue weighted by atomic mass is 79.9. The lowest BCUT2D eigenvalue weighted by Crippen LogP contribution is -2.28. The van der Waals surface area contributed by atoms with Crippen LogP contribution in [0.5, 0.6) is 5.75 Å². The van der Waals surface area contributed by atoms with E-state index in [0.717, 1.165) is 22.2 Å². The van der Waals surface area contributed by atoms with Crippen LogP contribution in [0, 0.1) is 0 Å². The van der Waals surface area contributed by atoms with Crippen molar-refractivity contribution in [2.24, 2.45) is 0 Å². The lowest BCUT2D eigenvalue weighted by atomic mass is 10.2. The van der Waals surface area contributed by atoms with Gasteiger partial charge in [0, 0.05) is 10.0 Å². The van der Waals surface area contributed by atoms with Gasteiger partial charge in [-0.1, -0.05) is 39.3 Å². The van der Waals surface area contributed by atoms with Crippen LogP contribution in [0.2, 0.25) is 0 Å². The number of benzene rings is 2. The van der Waals surface area contributed by atoms with E-state index in [9.17, 15) is 18.0 Å². The van der Waals surface area contributed by atoms with Gasteiger partial charge >= 0.3 is 6.18 Å². The Morgan fingerprint density at radius 3 is 2.71 bits per heavy atom. The van der Waals surface area contributed by atoms with Crippen LogP contribution in [-0.2, 0) is 17.5 Å². The number of rotatable bonds is 6. The van der Waals surface area contributed by atoms with Gasteiger partial charge in [0.1, 0.15) is 5.75 Å². The van der Waals surface area contributed by atoms with Crippen molar-refractivity contribution in [2.45, 2.75) is 12.7 Å². The number of aromatic nitrogens is 2. The molecule has 0 aliphatic heterocycles. The van der Waals surface area contributed by atoms with Gasteiger partial charge in [0.25, 0.3) is 5.91 Å². The molecule has 146 valence electrons. The summed E-state index contributed by atoms with van der Waals surface area (Å²) in [6, 6.07) is 11.6. The molecule has 0 spiro atoms. The minimum absolute atomic E-state index is 0.0359. The molecule has 1 N–H and O–H groups in total. The standard InChI is InChI=1S/C18H13BrF3N3O3/c19-13-5-1-3-11(7-13)17-24-16(28-25-17)9-23-15(26)10-27-14-6-2-4-12(8-14)18(20,21)22/h1-8H,9-10H2,(H,23,26). The highest BCUT2D eigenvalue weighted by Crippen LogP contribution is 2.31. The minimum atomic E-state index is -4.48. The number of nitrogens with one attached hydrogen (secondary N) is 1. The van der Waals surface area contributed by atoms with Gasteiger partial charge in [-0.3, -0.25) is 4.79 Å². The van der Waals surface area contributed by atoms with E-state index in [-0.39, 0.29) is 18.2 Å². The molecule has 6 nitrogen and oxygen atoms in total. The zero-order valence-electron chi connectivity index (χ0n) is 14.2. The third-order valence-electron chi connectivity index (χ3n) is 3.52. The maximum absolute atomic E-state index is 12.7. The predicted molar refractivity (Wildman–Crippen MR) is 96.2 cm³/mol. The maximum Gasteiger partial charge on any atom is 0.416 e. The molecule has 3 rings (SSSR count). The van der Waals surface area contributed by atoms with E-state index in [4.69, 9.17) is 9.26 Å². The van der Waals surface area contributed by atoms with Crippen molar-refractivity contribution >= 4 is 21.8 Å². The monoisotopic (exact) mass is 455 g/mol. The Hall–Kier alpha value is -2.88. The van der Waals surface area contributed by atoms with Gasteiger partial charge < -0.3 is 14.6 Å². The van der Waals surface area contributed by atoms with Crippen LogP contribution in [0.3, 0.4) is 0 Å². The number of carbonyl (C=O) groups is 1. The first-order valence-corrected chi connectivity index (χ1v) is 8.76. The fourth-order valence-corrected chi connectivity index (χ4v) is 2.61. The number of carbonyl (C=O) groups excluding carboxylic acids is 1. The molecule has 2 aromatic carbocycles. The van der Waals surface area contributed by atoms with Gasteiger partial charge in [-0.2, -0.15) is 18.2 Å². The van der Waals surface area contributed by atoms with Gasteiger partial charge in [0.2, 0.25) is 11.7 Å². The number of nitrogens with zero attached hydrogens (tertiary/aromatic N) is 2. The molecule has 28 heavy (non-hydrogen) atoms. The van der Waals surface area contributed by atoms with Crippen molar-refractivity contribution in [3.8, 4) is 17.1 Å². The van der Waals surface area contributed by atoms with Crippen LogP contribution < -0.4 is 10.1 Å². The van der Waals surface area contributed by atoms with Crippen molar-refractivity contribution in [1.82, 2.24) is 15.5 Å². The fourth-order valence-electron chi connectivity index (χ4n) is 2.21. The molecule has 10 heteroatoms. The molecule has 0 unspecified atom stereocenters. The van der Waals surface area contributed by atoms with Crippen LogP contribution in [-0.4, -0.2) is 22.7 Å². The first-order chi connectivity index (χ1) is 13.3. The third-order valence-corrected chi connectivity index (χ3v) is 4.01. The lowest BCUT2D eigenvalue weighted by molar-refractivity contribution is -0.137. The smallest absolute Gasteiger partial charge is 0.416 e. The normalized spacial score (nSPS) is 11.3. The number of halogens is 4. The number of hydrogen-bond acceptors (Lipinski definition) is 5. The molecule has 3 aromatic rings. The average Bonchev–Trinajstić information content (AvgIpc) is 3.13. The summed E-state index contributed by atoms with van der Waals surface area (Å²) in [6.45, 7) is -0.486. The molecule has 0 atom stereocenters. The van der Waals surface area contributed by atoms with Crippen LogP contribution in [0.1, 0.15) is 11.5 Å². The Bertz CT molecular complexity index is 976. The highest BCUT2D eigenvalue weighted by molar-refractivity contribution is 9.10. The van der Waals surface area contributed by atoms with Crippen molar-refractivity contribution in [3.63, 3.8) is 0 Å². The summed E-state index contributed by atoms with van der Waals surface area (Å²) in [5.41, 5.74) is -0.111. The van der Waals surface area contributed by atoms with E-state index >= 15 is 0 Å². The van der Waals surface area contributed by atoms with E-state index in [1.54, 1.807) is 6.07 Å². The summed E-state index contributed by atoms with van der Waals surface area (Å²) in [5, 5.41) is 6.33. The summed E-state index contributed by atoms with van der Waals surface area (Å²) in [6.07, 6.45) is -4.48. The summed E-state index contributed by atoms with van der Waals surface area (Å²) in [5.74, 6) is -0.0486. The summed E-state index contributed by atoms with van der Waals surface area (Å²) < 4.78 is 49.0. The fraction of sp³-hybridized carbons (Fsp3) is 0.167. The van der Waals surface area contributed by atoms with Crippen molar-refractivity contribution in [3.05, 3.63) is 64.5 Å². The average molecular weight is 456 g/mol. The quantitative estimate of drug-likeness (QED) is 0.602. The second kappa shape index (κ2) is 8.42. The van der Waals surface area contributed by atoms with Crippen molar-refractivity contribution < 1.29 is 27.2 Å². The van der Waals surface area contributed by atoms with Gasteiger partial charge in [-0.15, -0.1) is 0 Å². The molecule has 1 heterocycles. The third kappa shape index (κ3) is 5.32. The molecule has 0 aliphatic carbocycles. The second-order valence-corrected chi connectivity index (χ2v) is 6.53. The molecule has 0 saturated heterocycles. The van der Waals surface area contributed by atoms with E-state index < -0.39 is 24.3 Å². The van der Waals surface area contributed by atoms with Crippen molar-refractivity contribution in [1.29, 1.82) is 0 Å². The Morgan fingerprint density at radius 1 is 1.18 bits per heavy atom. The molecule has 0 bridgehead atoms. The maximum atomic E-state index is 12.7. The number of hydrogen-bond donors (Lipinski definition) is 1. The zero-order valence-corrected chi connectivity index (χ0v) is 15.8. The van der Waals surface area contributed by atoms with Crippen LogP contribution in [0.25, 0.3) is 11.4 Å². The molecule has 1 aromatic heterocycles. The zero-order chi connectivity index (χ0) is 20.1. The number of alkyl halides is 3. The first kappa shape index (κ1) is 19.9. The molecule has 0 saturated carbocycles. The van der Waals surface area contributed by atoms with E-state index in [1.165, 1.54) is 12.1 Å². The Labute approximate surface area is 165 Å². The van der Waals surface area contributed by atoms with E-state index in [2.05, 4.69) is 31.4 Å². The van der Waals surface area contributed by atoms with Gasteiger partial charge in [-0.25, -0.2) is 0 Å². The predicted octanol–water partition coefficient (Wildman–Crippen LogP) is 4.21. The first-order valence-electron chi connectivity index (χ1n) is 7.96.